The molecule has 1 fully saturated rings. The van der Waals surface area contributed by atoms with Gasteiger partial charge in [-0.25, -0.2) is 4.98 Å². The van der Waals surface area contributed by atoms with E-state index in [4.69, 9.17) is 4.42 Å². The molecule has 0 saturated carbocycles. The highest BCUT2D eigenvalue weighted by Gasteiger charge is 2.23. The molecule has 128 valence electrons. The summed E-state index contributed by atoms with van der Waals surface area (Å²) in [5, 5.41) is 0.902. The largest absolute Gasteiger partial charge is 0.463 e. The van der Waals surface area contributed by atoms with Gasteiger partial charge in [0.05, 0.1) is 17.3 Å². The first-order chi connectivity index (χ1) is 12.1. The van der Waals surface area contributed by atoms with Gasteiger partial charge < -0.3 is 14.2 Å². The zero-order chi connectivity index (χ0) is 17.4. The fourth-order valence-electron chi connectivity index (χ4n) is 3.25. The lowest BCUT2D eigenvalue weighted by Crippen LogP contribution is -2.47. The molecule has 0 unspecified atom stereocenters. The van der Waals surface area contributed by atoms with Crippen molar-refractivity contribution >= 4 is 16.8 Å². The first-order valence-electron chi connectivity index (χ1n) is 8.55. The average Bonchev–Trinajstić information content (AvgIpc) is 3.15. The number of nitrogens with zero attached hydrogens (tertiary/aromatic N) is 3. The highest BCUT2D eigenvalue weighted by atomic mass is 16.3. The molecule has 5 nitrogen and oxygen atoms in total. The monoisotopic (exact) mass is 335 g/mol. The van der Waals surface area contributed by atoms with E-state index in [-0.39, 0.29) is 5.91 Å². The van der Waals surface area contributed by atoms with Gasteiger partial charge in [-0.15, -0.1) is 0 Å². The number of hydrogen-bond acceptors (Lipinski definition) is 4. The number of rotatable bonds is 2. The fraction of sp³-hybridized carbons (Fsp3) is 0.300. The summed E-state index contributed by atoms with van der Waals surface area (Å²) >= 11 is 0. The van der Waals surface area contributed by atoms with Crippen molar-refractivity contribution in [2.24, 2.45) is 0 Å². The van der Waals surface area contributed by atoms with E-state index in [0.29, 0.717) is 17.0 Å². The molecule has 0 bridgehead atoms. The molecule has 25 heavy (non-hydrogen) atoms. The van der Waals surface area contributed by atoms with E-state index in [2.05, 4.69) is 16.9 Å². The molecule has 5 heteroatoms. The van der Waals surface area contributed by atoms with E-state index in [0.717, 1.165) is 42.6 Å². The van der Waals surface area contributed by atoms with Crippen molar-refractivity contribution in [3.8, 4) is 11.5 Å². The van der Waals surface area contributed by atoms with Crippen LogP contribution >= 0.6 is 0 Å². The number of fused-ring (bicyclic) bond motifs is 1. The maximum Gasteiger partial charge on any atom is 0.254 e. The van der Waals surface area contributed by atoms with E-state index in [9.17, 15) is 4.79 Å². The number of piperazine rings is 1. The molecule has 1 amide bonds. The summed E-state index contributed by atoms with van der Waals surface area (Å²) < 4.78 is 5.49. The number of furan rings is 1. The Balaban J connectivity index is 1.82. The molecule has 1 aromatic carbocycles. The fourth-order valence-corrected chi connectivity index (χ4v) is 3.25. The van der Waals surface area contributed by atoms with Crippen LogP contribution in [0.5, 0.6) is 0 Å². The third-order valence-electron chi connectivity index (χ3n) is 4.76. The molecule has 2 aromatic heterocycles. The lowest BCUT2D eigenvalue weighted by Gasteiger charge is -2.32. The standard InChI is InChI=1S/C20H21N3O2/c1-14-5-6-17-15(12-14)16(13-18(21-17)19-4-3-11-25-19)20(24)23-9-7-22(2)8-10-23/h3-6,11-13H,7-10H2,1-2H3. The van der Waals surface area contributed by atoms with Crippen molar-refractivity contribution in [1.29, 1.82) is 0 Å². The van der Waals surface area contributed by atoms with Crippen molar-refractivity contribution in [1.82, 2.24) is 14.8 Å². The molecular weight excluding hydrogens is 314 g/mol. The third-order valence-corrected chi connectivity index (χ3v) is 4.76. The third kappa shape index (κ3) is 3.03. The molecule has 3 aromatic rings. The van der Waals surface area contributed by atoms with Crippen LogP contribution in [0.2, 0.25) is 0 Å². The second kappa shape index (κ2) is 6.33. The van der Waals surface area contributed by atoms with Crippen molar-refractivity contribution in [3.63, 3.8) is 0 Å². The Morgan fingerprint density at radius 2 is 1.92 bits per heavy atom. The Labute approximate surface area is 146 Å². The normalized spacial score (nSPS) is 15.7. The van der Waals surface area contributed by atoms with Crippen molar-refractivity contribution in [2.75, 3.05) is 33.2 Å². The van der Waals surface area contributed by atoms with E-state index < -0.39 is 0 Å². The number of aromatic nitrogens is 1. The minimum absolute atomic E-state index is 0.0684. The SMILES string of the molecule is Cc1ccc2nc(-c3ccco3)cc(C(=O)N3CCN(C)CC3)c2c1. The second-order valence-electron chi connectivity index (χ2n) is 6.65. The number of likely N-dealkylation sites (N-methyl/N-ethyl adjacent to an activating group) is 1. The summed E-state index contributed by atoms with van der Waals surface area (Å²) in [4.78, 5) is 22.1. The molecule has 1 aliphatic rings. The number of amides is 1. The summed E-state index contributed by atoms with van der Waals surface area (Å²) in [5.41, 5.74) is 3.33. The van der Waals surface area contributed by atoms with Gasteiger partial charge in [0.15, 0.2) is 5.76 Å². The smallest absolute Gasteiger partial charge is 0.254 e. The maximum absolute atomic E-state index is 13.2. The lowest BCUT2D eigenvalue weighted by atomic mass is 10.0. The van der Waals surface area contributed by atoms with Crippen LogP contribution in [0, 0.1) is 6.92 Å². The van der Waals surface area contributed by atoms with Gasteiger partial charge in [-0.3, -0.25) is 4.79 Å². The molecule has 1 aliphatic heterocycles. The quantitative estimate of drug-likeness (QED) is 0.722. The Hall–Kier alpha value is -2.66. The molecule has 1 saturated heterocycles. The molecule has 0 N–H and O–H groups in total. The molecule has 0 aliphatic carbocycles. The van der Waals surface area contributed by atoms with Crippen LogP contribution in [0.3, 0.4) is 0 Å². The second-order valence-corrected chi connectivity index (χ2v) is 6.65. The molecule has 3 heterocycles. The van der Waals surface area contributed by atoms with Crippen molar-refractivity contribution in [2.45, 2.75) is 6.92 Å². The maximum atomic E-state index is 13.2. The van der Waals surface area contributed by atoms with Gasteiger partial charge in [0.25, 0.3) is 5.91 Å². The van der Waals surface area contributed by atoms with Gasteiger partial charge in [-0.1, -0.05) is 11.6 Å². The molecule has 0 radical (unpaired) electrons. The Morgan fingerprint density at radius 3 is 2.64 bits per heavy atom. The van der Waals surface area contributed by atoms with Gasteiger partial charge in [0, 0.05) is 31.6 Å². The van der Waals surface area contributed by atoms with Crippen molar-refractivity contribution in [3.05, 3.63) is 53.8 Å². The van der Waals surface area contributed by atoms with Crippen molar-refractivity contribution < 1.29 is 9.21 Å². The van der Waals surface area contributed by atoms with Gasteiger partial charge in [-0.2, -0.15) is 0 Å². The predicted octanol–water partition coefficient (Wildman–Crippen LogP) is 3.19. The van der Waals surface area contributed by atoms with Crippen LogP contribution in [0.25, 0.3) is 22.4 Å². The lowest BCUT2D eigenvalue weighted by molar-refractivity contribution is 0.0666. The highest BCUT2D eigenvalue weighted by molar-refractivity contribution is 6.07. The van der Waals surface area contributed by atoms with E-state index in [1.165, 1.54) is 0 Å². The summed E-state index contributed by atoms with van der Waals surface area (Å²) in [6.07, 6.45) is 1.62. The molecular formula is C20H21N3O2. The number of hydrogen-bond donors (Lipinski definition) is 0. The molecule has 4 rings (SSSR count). The highest BCUT2D eigenvalue weighted by Crippen LogP contribution is 2.27. The van der Waals surface area contributed by atoms with Crippen LogP contribution in [0.1, 0.15) is 15.9 Å². The van der Waals surface area contributed by atoms with Gasteiger partial charge in [-0.05, 0) is 44.3 Å². The van der Waals surface area contributed by atoms with Crippen LogP contribution in [0.15, 0.2) is 47.1 Å². The number of aryl methyl sites for hydroxylation is 1. The number of pyridine rings is 1. The number of benzene rings is 1. The van der Waals surface area contributed by atoms with Gasteiger partial charge in [0.2, 0.25) is 0 Å². The summed E-state index contributed by atoms with van der Waals surface area (Å²) in [5.74, 6) is 0.744. The first kappa shape index (κ1) is 15.8. The minimum atomic E-state index is 0.0684. The molecule has 0 spiro atoms. The van der Waals surface area contributed by atoms with Crippen LogP contribution < -0.4 is 0 Å². The van der Waals surface area contributed by atoms with Gasteiger partial charge >= 0.3 is 0 Å². The molecule has 0 atom stereocenters. The van der Waals surface area contributed by atoms with E-state index in [1.807, 2.05) is 48.2 Å². The number of carbonyl (C=O) groups excluding carboxylic acids is 1. The minimum Gasteiger partial charge on any atom is -0.463 e. The van der Waals surface area contributed by atoms with E-state index >= 15 is 0 Å². The topological polar surface area (TPSA) is 49.6 Å². The summed E-state index contributed by atoms with van der Waals surface area (Å²) in [6, 6.07) is 11.6. The van der Waals surface area contributed by atoms with Crippen LogP contribution in [-0.4, -0.2) is 53.9 Å². The average molecular weight is 335 g/mol. The first-order valence-corrected chi connectivity index (χ1v) is 8.55. The van der Waals surface area contributed by atoms with E-state index in [1.54, 1.807) is 6.26 Å². The summed E-state index contributed by atoms with van der Waals surface area (Å²) in [6.45, 7) is 5.34. The zero-order valence-corrected chi connectivity index (χ0v) is 14.5. The van der Waals surface area contributed by atoms with Crippen LogP contribution in [-0.2, 0) is 0 Å². The Bertz CT molecular complexity index is 910. The number of carbonyl (C=O) groups is 1. The van der Waals surface area contributed by atoms with Crippen LogP contribution in [0.4, 0.5) is 0 Å². The zero-order valence-electron chi connectivity index (χ0n) is 14.5. The predicted molar refractivity (Wildman–Crippen MR) is 97.6 cm³/mol. The summed E-state index contributed by atoms with van der Waals surface area (Å²) in [7, 11) is 2.09. The van der Waals surface area contributed by atoms with Gasteiger partial charge in [0.1, 0.15) is 5.69 Å². The Kier molecular flexibility index (Phi) is 4.01. The Morgan fingerprint density at radius 1 is 1.12 bits per heavy atom.